The summed E-state index contributed by atoms with van der Waals surface area (Å²) in [5.74, 6) is 0. The minimum atomic E-state index is 1.15. The molecule has 0 saturated carbocycles. The lowest BCUT2D eigenvalue weighted by molar-refractivity contribution is 1.18. The summed E-state index contributed by atoms with van der Waals surface area (Å²) in [4.78, 5) is 0. The van der Waals surface area contributed by atoms with Crippen molar-refractivity contribution in [1.82, 2.24) is 13.7 Å². The maximum absolute atomic E-state index is 2.44. The molecular formula is C54H35N3. The van der Waals surface area contributed by atoms with E-state index in [1.807, 2.05) is 0 Å². The fourth-order valence-electron chi connectivity index (χ4n) is 9.34. The van der Waals surface area contributed by atoms with Crippen molar-refractivity contribution >= 4 is 65.4 Å². The van der Waals surface area contributed by atoms with Crippen LogP contribution in [0.5, 0.6) is 0 Å². The van der Waals surface area contributed by atoms with Gasteiger partial charge in [0, 0.05) is 49.4 Å². The van der Waals surface area contributed by atoms with Crippen LogP contribution in [0.1, 0.15) is 0 Å². The van der Waals surface area contributed by atoms with Gasteiger partial charge in [-0.2, -0.15) is 0 Å². The van der Waals surface area contributed by atoms with Crippen LogP contribution in [-0.4, -0.2) is 13.7 Å². The van der Waals surface area contributed by atoms with Gasteiger partial charge in [0.2, 0.25) is 0 Å². The van der Waals surface area contributed by atoms with Crippen LogP contribution in [0, 0.1) is 0 Å². The van der Waals surface area contributed by atoms with E-state index in [-0.39, 0.29) is 0 Å². The van der Waals surface area contributed by atoms with Gasteiger partial charge >= 0.3 is 0 Å². The molecule has 57 heavy (non-hydrogen) atoms. The monoisotopic (exact) mass is 725 g/mol. The van der Waals surface area contributed by atoms with E-state index >= 15 is 0 Å². The Hall–Kier alpha value is -7.62. The molecule has 0 radical (unpaired) electrons. The number of aromatic nitrogens is 3. The molecule has 266 valence electrons. The molecule has 0 atom stereocenters. The molecule has 0 aliphatic heterocycles. The summed E-state index contributed by atoms with van der Waals surface area (Å²) in [6.45, 7) is 0. The molecule has 3 aromatic heterocycles. The summed E-state index contributed by atoms with van der Waals surface area (Å²) in [5, 5.41) is 7.52. The maximum Gasteiger partial charge on any atom is 0.0547 e. The van der Waals surface area contributed by atoms with Gasteiger partial charge < -0.3 is 13.7 Å². The Morgan fingerprint density at radius 1 is 0.228 bits per heavy atom. The van der Waals surface area contributed by atoms with Gasteiger partial charge in [-0.3, -0.25) is 0 Å². The quantitative estimate of drug-likeness (QED) is 0.168. The van der Waals surface area contributed by atoms with Crippen molar-refractivity contribution in [1.29, 1.82) is 0 Å². The van der Waals surface area contributed by atoms with Crippen molar-refractivity contribution in [3.8, 4) is 39.3 Å². The molecule has 0 bridgehead atoms. The Balaban J connectivity index is 1.09. The third-order valence-corrected chi connectivity index (χ3v) is 11.8. The highest BCUT2D eigenvalue weighted by Gasteiger charge is 2.20. The predicted molar refractivity (Wildman–Crippen MR) is 240 cm³/mol. The molecule has 9 aromatic carbocycles. The number of fused-ring (bicyclic) bond motifs is 9. The van der Waals surface area contributed by atoms with E-state index in [1.165, 1.54) is 93.4 Å². The van der Waals surface area contributed by atoms with Gasteiger partial charge in [-0.1, -0.05) is 133 Å². The molecule has 0 amide bonds. The topological polar surface area (TPSA) is 14.8 Å². The fourth-order valence-corrected chi connectivity index (χ4v) is 9.34. The normalized spacial score (nSPS) is 11.9. The third-order valence-electron chi connectivity index (χ3n) is 11.8. The zero-order valence-corrected chi connectivity index (χ0v) is 31.0. The van der Waals surface area contributed by atoms with Crippen LogP contribution in [0.2, 0.25) is 0 Å². The predicted octanol–water partition coefficient (Wildman–Crippen LogP) is 14.3. The van der Waals surface area contributed by atoms with Gasteiger partial charge in [0.25, 0.3) is 0 Å². The van der Waals surface area contributed by atoms with Crippen LogP contribution in [0.4, 0.5) is 0 Å². The van der Waals surface area contributed by atoms with Gasteiger partial charge in [-0.25, -0.2) is 0 Å². The molecular weight excluding hydrogens is 691 g/mol. The average molecular weight is 726 g/mol. The van der Waals surface area contributed by atoms with Crippen molar-refractivity contribution < 1.29 is 0 Å². The van der Waals surface area contributed by atoms with Crippen molar-refractivity contribution in [2.24, 2.45) is 0 Å². The molecule has 12 aromatic rings. The Morgan fingerprint density at radius 3 is 1.26 bits per heavy atom. The van der Waals surface area contributed by atoms with Crippen molar-refractivity contribution in [3.63, 3.8) is 0 Å². The fraction of sp³-hybridized carbons (Fsp3) is 0. The van der Waals surface area contributed by atoms with Crippen LogP contribution >= 0.6 is 0 Å². The number of hydrogen-bond acceptors (Lipinski definition) is 0. The minimum absolute atomic E-state index is 1.15. The van der Waals surface area contributed by atoms with E-state index in [1.54, 1.807) is 0 Å². The minimum Gasteiger partial charge on any atom is -0.309 e. The van der Waals surface area contributed by atoms with E-state index in [0.717, 1.165) is 11.4 Å². The highest BCUT2D eigenvalue weighted by atomic mass is 15.0. The van der Waals surface area contributed by atoms with Crippen LogP contribution in [-0.2, 0) is 0 Å². The summed E-state index contributed by atoms with van der Waals surface area (Å²) >= 11 is 0. The average Bonchev–Trinajstić information content (AvgIpc) is 3.92. The van der Waals surface area contributed by atoms with Crippen LogP contribution in [0.25, 0.3) is 105 Å². The first-order valence-electron chi connectivity index (χ1n) is 19.6. The lowest BCUT2D eigenvalue weighted by atomic mass is 9.96. The Labute approximate surface area is 329 Å². The van der Waals surface area contributed by atoms with Crippen molar-refractivity contribution in [3.05, 3.63) is 212 Å². The number of nitrogens with zero attached hydrogens (tertiary/aromatic N) is 3. The standard InChI is InChI=1S/C54H35N3/c1-4-15-39(16-5-1)55-49-25-13-11-22-44(49)47-33-38(29-32-50(47)55)42-23-14-26-51-54(42)46-31-28-37(35-53(46)57(51)41-19-8-3-9-20-41)36-27-30-45-43-21-10-12-24-48(43)56(52(45)34-36)40-17-6-2-7-18-40/h1-35H. The zero-order chi connectivity index (χ0) is 37.5. The second-order valence-corrected chi connectivity index (χ2v) is 14.9. The van der Waals surface area contributed by atoms with Gasteiger partial charge in [-0.15, -0.1) is 0 Å². The molecule has 0 unspecified atom stereocenters. The smallest absolute Gasteiger partial charge is 0.0547 e. The Kier molecular flexibility index (Phi) is 6.93. The second-order valence-electron chi connectivity index (χ2n) is 14.9. The van der Waals surface area contributed by atoms with Crippen LogP contribution in [0.15, 0.2) is 212 Å². The largest absolute Gasteiger partial charge is 0.309 e. The highest BCUT2D eigenvalue weighted by molar-refractivity contribution is 6.18. The van der Waals surface area contributed by atoms with Crippen molar-refractivity contribution in [2.45, 2.75) is 0 Å². The van der Waals surface area contributed by atoms with E-state index in [4.69, 9.17) is 0 Å². The molecule has 0 saturated heterocycles. The van der Waals surface area contributed by atoms with Gasteiger partial charge in [-0.05, 0) is 101 Å². The first kappa shape index (κ1) is 31.7. The third kappa shape index (κ3) is 4.79. The van der Waals surface area contributed by atoms with E-state index in [9.17, 15) is 0 Å². The Bertz CT molecular complexity index is 3500. The van der Waals surface area contributed by atoms with E-state index in [0.29, 0.717) is 0 Å². The van der Waals surface area contributed by atoms with Crippen molar-refractivity contribution in [2.75, 3.05) is 0 Å². The van der Waals surface area contributed by atoms with E-state index < -0.39 is 0 Å². The molecule has 12 rings (SSSR count). The summed E-state index contributed by atoms with van der Waals surface area (Å²) < 4.78 is 7.22. The number of para-hydroxylation sites is 5. The SMILES string of the molecule is c1ccc(-n2c3ccccc3c3cc(-c4cccc5c4c4ccc(-c6ccc7c8ccccc8n(-c8ccccc8)c7c6)cc4n5-c4ccccc4)ccc32)cc1. The summed E-state index contributed by atoms with van der Waals surface area (Å²) in [6, 6.07) is 77.4. The summed E-state index contributed by atoms with van der Waals surface area (Å²) in [5.41, 5.74) is 15.5. The molecule has 0 aliphatic carbocycles. The number of benzene rings is 9. The lowest BCUT2D eigenvalue weighted by Gasteiger charge is -2.10. The number of rotatable bonds is 5. The molecule has 3 heteroatoms. The lowest BCUT2D eigenvalue weighted by Crippen LogP contribution is -1.94. The molecule has 0 aliphatic rings. The van der Waals surface area contributed by atoms with E-state index in [2.05, 4.69) is 226 Å². The molecule has 3 nitrogen and oxygen atoms in total. The molecule has 0 fully saturated rings. The van der Waals surface area contributed by atoms with Crippen LogP contribution < -0.4 is 0 Å². The molecule has 3 heterocycles. The van der Waals surface area contributed by atoms with Crippen LogP contribution in [0.3, 0.4) is 0 Å². The summed E-state index contributed by atoms with van der Waals surface area (Å²) in [6.07, 6.45) is 0. The number of hydrogen-bond donors (Lipinski definition) is 0. The zero-order valence-electron chi connectivity index (χ0n) is 31.0. The summed E-state index contributed by atoms with van der Waals surface area (Å²) in [7, 11) is 0. The van der Waals surface area contributed by atoms with Gasteiger partial charge in [0.1, 0.15) is 0 Å². The first-order chi connectivity index (χ1) is 28.3. The maximum atomic E-state index is 2.44. The molecule has 0 spiro atoms. The Morgan fingerprint density at radius 2 is 0.649 bits per heavy atom. The second kappa shape index (κ2) is 12.5. The van der Waals surface area contributed by atoms with Gasteiger partial charge in [0.05, 0.1) is 33.1 Å². The first-order valence-corrected chi connectivity index (χ1v) is 19.6. The highest BCUT2D eigenvalue weighted by Crippen LogP contribution is 2.43. The van der Waals surface area contributed by atoms with Gasteiger partial charge in [0.15, 0.2) is 0 Å². The molecule has 0 N–H and O–H groups in total.